The summed E-state index contributed by atoms with van der Waals surface area (Å²) in [4.78, 5) is 4.50. The fourth-order valence-corrected chi connectivity index (χ4v) is 4.61. The Kier molecular flexibility index (Phi) is 4.53. The molecule has 2 aliphatic heterocycles. The molecule has 1 atom stereocenters. The van der Waals surface area contributed by atoms with Crippen molar-refractivity contribution in [1.29, 1.82) is 0 Å². The third-order valence-electron chi connectivity index (χ3n) is 6.12. The van der Waals surface area contributed by atoms with E-state index < -0.39 is 0 Å². The van der Waals surface area contributed by atoms with Crippen molar-refractivity contribution >= 4 is 16.5 Å². The minimum absolute atomic E-state index is 0.109. The molecule has 0 aromatic heterocycles. The van der Waals surface area contributed by atoms with E-state index in [0.717, 1.165) is 31.6 Å². The molecule has 0 spiro atoms. The molecular formula is C24H25FN2O. The summed E-state index contributed by atoms with van der Waals surface area (Å²) in [6.45, 7) is 3.73. The minimum Gasteiger partial charge on any atom is -0.378 e. The second-order valence-electron chi connectivity index (χ2n) is 7.84. The molecule has 3 aromatic carbocycles. The topological polar surface area (TPSA) is 15.7 Å². The lowest BCUT2D eigenvalue weighted by Gasteiger charge is -2.37. The van der Waals surface area contributed by atoms with Gasteiger partial charge in [0.25, 0.3) is 0 Å². The summed E-state index contributed by atoms with van der Waals surface area (Å²) in [5.74, 6) is -0.109. The third-order valence-corrected chi connectivity index (χ3v) is 6.12. The zero-order chi connectivity index (χ0) is 19.1. The number of likely N-dealkylation sites (N-methyl/N-ethyl adjacent to an activating group) is 1. The Labute approximate surface area is 165 Å². The van der Waals surface area contributed by atoms with Crippen LogP contribution in [0.5, 0.6) is 0 Å². The highest BCUT2D eigenvalue weighted by atomic mass is 19.1. The molecule has 0 bridgehead atoms. The number of rotatable bonds is 2. The number of halogens is 1. The van der Waals surface area contributed by atoms with Crippen molar-refractivity contribution in [1.82, 2.24) is 4.90 Å². The SMILES string of the molecule is CN1CCc2cc(F)c(N3CCOCC3)cc2C1c1ccc2ccccc2c1. The lowest BCUT2D eigenvalue weighted by Crippen LogP contribution is -2.38. The molecule has 3 aromatic rings. The predicted molar refractivity (Wildman–Crippen MR) is 112 cm³/mol. The van der Waals surface area contributed by atoms with Crippen LogP contribution >= 0.6 is 0 Å². The van der Waals surface area contributed by atoms with E-state index >= 15 is 0 Å². The van der Waals surface area contributed by atoms with Crippen molar-refractivity contribution in [2.75, 3.05) is 44.8 Å². The van der Waals surface area contributed by atoms with E-state index in [-0.39, 0.29) is 11.9 Å². The zero-order valence-corrected chi connectivity index (χ0v) is 16.2. The van der Waals surface area contributed by atoms with Gasteiger partial charge in [0.1, 0.15) is 5.82 Å². The fraction of sp³-hybridized carbons (Fsp3) is 0.333. The summed E-state index contributed by atoms with van der Waals surface area (Å²) in [5.41, 5.74) is 4.34. The first-order valence-electron chi connectivity index (χ1n) is 10.0. The van der Waals surface area contributed by atoms with Gasteiger partial charge in [-0.25, -0.2) is 4.39 Å². The van der Waals surface area contributed by atoms with Crippen molar-refractivity contribution in [2.45, 2.75) is 12.5 Å². The Morgan fingerprint density at radius 3 is 2.54 bits per heavy atom. The van der Waals surface area contributed by atoms with Gasteiger partial charge in [-0.1, -0.05) is 36.4 Å². The van der Waals surface area contributed by atoms with Gasteiger partial charge in [-0.2, -0.15) is 0 Å². The van der Waals surface area contributed by atoms with E-state index in [9.17, 15) is 4.39 Å². The monoisotopic (exact) mass is 376 g/mol. The standard InChI is InChI=1S/C24H25FN2O/c1-26-9-8-19-15-22(25)23(27-10-12-28-13-11-27)16-21(19)24(26)20-7-6-17-4-2-3-5-18(17)14-20/h2-7,14-16,24H,8-13H2,1H3. The van der Waals surface area contributed by atoms with Crippen molar-refractivity contribution in [3.8, 4) is 0 Å². The van der Waals surface area contributed by atoms with Gasteiger partial charge in [0.15, 0.2) is 0 Å². The molecule has 1 saturated heterocycles. The summed E-state index contributed by atoms with van der Waals surface area (Å²) in [5, 5.41) is 2.49. The van der Waals surface area contributed by atoms with Crippen LogP contribution in [0, 0.1) is 5.82 Å². The van der Waals surface area contributed by atoms with Gasteiger partial charge in [0.05, 0.1) is 24.9 Å². The Morgan fingerprint density at radius 2 is 1.71 bits per heavy atom. The van der Waals surface area contributed by atoms with Gasteiger partial charge in [0.2, 0.25) is 0 Å². The van der Waals surface area contributed by atoms with Crippen LogP contribution in [0.4, 0.5) is 10.1 Å². The molecule has 1 fully saturated rings. The molecule has 0 saturated carbocycles. The quantitative estimate of drug-likeness (QED) is 0.660. The normalized spacial score (nSPS) is 20.4. The number of benzene rings is 3. The molecule has 28 heavy (non-hydrogen) atoms. The van der Waals surface area contributed by atoms with E-state index in [1.807, 2.05) is 0 Å². The van der Waals surface area contributed by atoms with Crippen LogP contribution in [0.1, 0.15) is 22.7 Å². The number of hydrogen-bond acceptors (Lipinski definition) is 3. The second-order valence-corrected chi connectivity index (χ2v) is 7.84. The van der Waals surface area contributed by atoms with Gasteiger partial charge in [-0.3, -0.25) is 4.90 Å². The average molecular weight is 376 g/mol. The Bertz CT molecular complexity index is 1010. The van der Waals surface area contributed by atoms with Crippen LogP contribution in [0.15, 0.2) is 54.6 Å². The molecule has 3 nitrogen and oxygen atoms in total. The van der Waals surface area contributed by atoms with E-state index in [4.69, 9.17) is 4.74 Å². The maximum atomic E-state index is 14.9. The smallest absolute Gasteiger partial charge is 0.146 e. The largest absolute Gasteiger partial charge is 0.378 e. The number of ether oxygens (including phenoxy) is 1. The van der Waals surface area contributed by atoms with E-state index in [2.05, 4.69) is 65.4 Å². The van der Waals surface area contributed by atoms with Crippen molar-refractivity contribution in [3.63, 3.8) is 0 Å². The minimum atomic E-state index is -0.109. The summed E-state index contributed by atoms with van der Waals surface area (Å²) in [6, 6.07) is 19.1. The highest BCUT2D eigenvalue weighted by Gasteiger charge is 2.29. The molecule has 5 rings (SSSR count). The molecule has 1 unspecified atom stereocenters. The van der Waals surface area contributed by atoms with Crippen LogP contribution in [0.2, 0.25) is 0 Å². The first kappa shape index (κ1) is 17.7. The highest BCUT2D eigenvalue weighted by molar-refractivity contribution is 5.83. The zero-order valence-electron chi connectivity index (χ0n) is 16.2. The predicted octanol–water partition coefficient (Wildman–Crippen LogP) is 4.39. The van der Waals surface area contributed by atoms with E-state index in [0.29, 0.717) is 18.9 Å². The Balaban J connectivity index is 1.61. The summed E-state index contributed by atoms with van der Waals surface area (Å²) in [6.07, 6.45) is 0.885. The van der Waals surface area contributed by atoms with Gasteiger partial charge in [0, 0.05) is 19.6 Å². The maximum Gasteiger partial charge on any atom is 0.146 e. The van der Waals surface area contributed by atoms with Crippen LogP contribution in [-0.4, -0.2) is 44.8 Å². The number of hydrogen-bond donors (Lipinski definition) is 0. The molecular weight excluding hydrogens is 351 g/mol. The average Bonchev–Trinajstić information content (AvgIpc) is 2.74. The van der Waals surface area contributed by atoms with Crippen LogP contribution in [0.25, 0.3) is 10.8 Å². The van der Waals surface area contributed by atoms with Crippen LogP contribution < -0.4 is 4.90 Å². The third kappa shape index (κ3) is 3.07. The molecule has 144 valence electrons. The molecule has 2 aliphatic rings. The highest BCUT2D eigenvalue weighted by Crippen LogP contribution is 2.38. The van der Waals surface area contributed by atoms with Gasteiger partial charge in [-0.05, 0) is 59.1 Å². The first-order chi connectivity index (χ1) is 13.7. The molecule has 2 heterocycles. The van der Waals surface area contributed by atoms with Gasteiger partial charge < -0.3 is 9.64 Å². The van der Waals surface area contributed by atoms with Crippen LogP contribution in [-0.2, 0) is 11.2 Å². The summed E-state index contributed by atoms with van der Waals surface area (Å²) < 4.78 is 20.4. The van der Waals surface area contributed by atoms with E-state index in [1.165, 1.54) is 21.9 Å². The number of nitrogens with zero attached hydrogens (tertiary/aromatic N) is 2. The fourth-order valence-electron chi connectivity index (χ4n) is 4.61. The first-order valence-corrected chi connectivity index (χ1v) is 10.0. The number of fused-ring (bicyclic) bond motifs is 2. The van der Waals surface area contributed by atoms with Crippen molar-refractivity contribution < 1.29 is 9.13 Å². The second kappa shape index (κ2) is 7.19. The summed E-state index contributed by atoms with van der Waals surface area (Å²) >= 11 is 0. The molecule has 0 amide bonds. The molecule has 0 radical (unpaired) electrons. The van der Waals surface area contributed by atoms with Crippen molar-refractivity contribution in [2.24, 2.45) is 0 Å². The molecule has 4 heteroatoms. The molecule has 0 aliphatic carbocycles. The van der Waals surface area contributed by atoms with E-state index in [1.54, 1.807) is 6.07 Å². The summed E-state index contributed by atoms with van der Waals surface area (Å²) in [7, 11) is 2.17. The number of anilines is 1. The number of morpholine rings is 1. The lowest BCUT2D eigenvalue weighted by atomic mass is 9.87. The Hall–Kier alpha value is -2.43. The Morgan fingerprint density at radius 1 is 0.929 bits per heavy atom. The van der Waals surface area contributed by atoms with Crippen LogP contribution in [0.3, 0.4) is 0 Å². The maximum absolute atomic E-state index is 14.9. The molecule has 0 N–H and O–H groups in total. The van der Waals surface area contributed by atoms with Gasteiger partial charge in [-0.15, -0.1) is 0 Å². The lowest BCUT2D eigenvalue weighted by molar-refractivity contribution is 0.122. The van der Waals surface area contributed by atoms with Crippen molar-refractivity contribution in [3.05, 3.63) is 77.1 Å². The van der Waals surface area contributed by atoms with Gasteiger partial charge >= 0.3 is 0 Å².